The van der Waals surface area contributed by atoms with E-state index in [4.69, 9.17) is 4.74 Å². The van der Waals surface area contributed by atoms with E-state index in [9.17, 15) is 22.6 Å². The van der Waals surface area contributed by atoms with Crippen molar-refractivity contribution in [2.75, 3.05) is 6.61 Å². The largest absolute Gasteiger partial charge is 0.462 e. The van der Waals surface area contributed by atoms with Gasteiger partial charge in [-0.15, -0.1) is 0 Å². The van der Waals surface area contributed by atoms with Crippen molar-refractivity contribution in [3.63, 3.8) is 0 Å². The normalized spacial score (nSPS) is 11.9. The lowest BCUT2D eigenvalue weighted by Gasteiger charge is -2.31. The van der Waals surface area contributed by atoms with Crippen molar-refractivity contribution in [1.29, 1.82) is 0 Å². The number of hydrogen-bond acceptors (Lipinski definition) is 5. The number of unbranched alkanes of at least 4 members (excludes halogenated alkanes) is 3. The van der Waals surface area contributed by atoms with Gasteiger partial charge in [0.05, 0.1) is 12.2 Å². The Balaban J connectivity index is 0.00000113. The molecule has 34 heavy (non-hydrogen) atoms. The summed E-state index contributed by atoms with van der Waals surface area (Å²) in [4.78, 5) is 24.2. The standard InChI is InChI=1S/C18H31NO6S.C8H8/c1-7-9-10-11-12-25-16(21)14(4)13(3)15(20)19-17(26(22,23)24)18(5,6)8-2;1-2-8-6-4-3-5-7-8/h17H,3-4,7-12H2,1-2,5-6H3,(H,19,20)(H,22,23,24);2-7H,1H2. The summed E-state index contributed by atoms with van der Waals surface area (Å²) in [5.74, 6) is -1.68. The quantitative estimate of drug-likeness (QED) is 0.127. The Hall–Kier alpha value is -2.71. The molecule has 0 aromatic heterocycles. The summed E-state index contributed by atoms with van der Waals surface area (Å²) in [5, 5.41) is 0.683. The minimum absolute atomic E-state index is 0.212. The molecule has 7 nitrogen and oxygen atoms in total. The molecule has 1 rings (SSSR count). The van der Waals surface area contributed by atoms with E-state index in [1.807, 2.05) is 36.4 Å². The molecule has 0 aliphatic heterocycles. The van der Waals surface area contributed by atoms with Gasteiger partial charge in [-0.05, 0) is 18.4 Å². The Morgan fingerprint density at radius 1 is 1.09 bits per heavy atom. The summed E-state index contributed by atoms with van der Waals surface area (Å²) in [5.41, 5.74) is -0.303. The molecule has 0 spiro atoms. The van der Waals surface area contributed by atoms with E-state index in [1.54, 1.807) is 20.8 Å². The fourth-order valence-corrected chi connectivity index (χ4v) is 3.92. The second-order valence-corrected chi connectivity index (χ2v) is 9.98. The van der Waals surface area contributed by atoms with Gasteiger partial charge in [0.1, 0.15) is 0 Å². The van der Waals surface area contributed by atoms with Crippen LogP contribution in [-0.4, -0.2) is 36.8 Å². The maximum absolute atomic E-state index is 12.3. The maximum atomic E-state index is 12.3. The molecule has 0 heterocycles. The highest BCUT2D eigenvalue weighted by Crippen LogP contribution is 2.28. The number of rotatable bonds is 13. The first kappa shape index (κ1) is 31.3. The van der Waals surface area contributed by atoms with Crippen LogP contribution in [0.25, 0.3) is 6.08 Å². The van der Waals surface area contributed by atoms with Crippen LogP contribution in [0.2, 0.25) is 0 Å². The van der Waals surface area contributed by atoms with Crippen LogP contribution in [-0.2, 0) is 24.4 Å². The topological polar surface area (TPSA) is 110 Å². The fraction of sp³-hybridized carbons (Fsp3) is 0.462. The molecule has 190 valence electrons. The minimum Gasteiger partial charge on any atom is -0.462 e. The van der Waals surface area contributed by atoms with Crippen LogP contribution in [0.5, 0.6) is 0 Å². The molecule has 0 saturated heterocycles. The zero-order valence-electron chi connectivity index (χ0n) is 20.8. The number of ether oxygens (including phenoxy) is 1. The number of hydrogen-bond donors (Lipinski definition) is 2. The lowest BCUT2D eigenvalue weighted by atomic mass is 9.89. The van der Waals surface area contributed by atoms with Crippen molar-refractivity contribution in [2.45, 2.75) is 65.2 Å². The summed E-state index contributed by atoms with van der Waals surface area (Å²) in [6, 6.07) is 10.0. The first-order chi connectivity index (χ1) is 15.8. The molecule has 1 unspecified atom stereocenters. The van der Waals surface area contributed by atoms with Gasteiger partial charge in [0.25, 0.3) is 16.0 Å². The summed E-state index contributed by atoms with van der Waals surface area (Å²) in [7, 11) is -4.55. The molecule has 2 N–H and O–H groups in total. The van der Waals surface area contributed by atoms with Gasteiger partial charge in [-0.25, -0.2) is 4.79 Å². The van der Waals surface area contributed by atoms with Crippen LogP contribution >= 0.6 is 0 Å². The molecule has 0 aliphatic rings. The van der Waals surface area contributed by atoms with Crippen LogP contribution in [0.4, 0.5) is 0 Å². The van der Waals surface area contributed by atoms with Crippen LogP contribution < -0.4 is 5.32 Å². The van der Waals surface area contributed by atoms with Gasteiger partial charge < -0.3 is 10.1 Å². The molecule has 1 aromatic rings. The smallest absolute Gasteiger partial charge is 0.338 e. The van der Waals surface area contributed by atoms with Crippen molar-refractivity contribution < 1.29 is 27.3 Å². The van der Waals surface area contributed by atoms with Crippen LogP contribution in [0.15, 0.2) is 61.2 Å². The molecule has 0 bridgehead atoms. The molecule has 1 aromatic carbocycles. The average Bonchev–Trinajstić information content (AvgIpc) is 2.81. The predicted octanol–water partition coefficient (Wildman–Crippen LogP) is 5.32. The van der Waals surface area contributed by atoms with Gasteiger partial charge in [0, 0.05) is 11.0 Å². The van der Waals surface area contributed by atoms with Gasteiger partial charge in [0.15, 0.2) is 5.37 Å². The van der Waals surface area contributed by atoms with E-state index >= 15 is 0 Å². The summed E-state index contributed by atoms with van der Waals surface area (Å²) in [6.07, 6.45) is 5.95. The molecular formula is C26H39NO6S. The predicted molar refractivity (Wildman–Crippen MR) is 137 cm³/mol. The van der Waals surface area contributed by atoms with Crippen molar-refractivity contribution in [3.8, 4) is 0 Å². The third kappa shape index (κ3) is 11.4. The Labute approximate surface area is 204 Å². The van der Waals surface area contributed by atoms with Crippen LogP contribution in [0.1, 0.15) is 65.4 Å². The van der Waals surface area contributed by atoms with E-state index in [-0.39, 0.29) is 17.8 Å². The zero-order chi connectivity index (χ0) is 26.4. The highest BCUT2D eigenvalue weighted by atomic mass is 32.2. The molecule has 1 atom stereocenters. The van der Waals surface area contributed by atoms with Crippen LogP contribution in [0.3, 0.4) is 0 Å². The summed E-state index contributed by atoms with van der Waals surface area (Å²) >= 11 is 0. The van der Waals surface area contributed by atoms with E-state index in [2.05, 4.69) is 32.0 Å². The number of benzene rings is 1. The zero-order valence-corrected chi connectivity index (χ0v) is 21.6. The van der Waals surface area contributed by atoms with E-state index in [0.717, 1.165) is 19.3 Å². The Bertz CT molecular complexity index is 935. The Kier molecular flexibility index (Phi) is 14.0. The van der Waals surface area contributed by atoms with Gasteiger partial charge in [-0.3, -0.25) is 9.35 Å². The lowest BCUT2D eigenvalue weighted by Crippen LogP contribution is -2.50. The molecule has 0 saturated carbocycles. The van der Waals surface area contributed by atoms with Gasteiger partial charge in [0.2, 0.25) is 0 Å². The Morgan fingerprint density at radius 3 is 2.12 bits per heavy atom. The van der Waals surface area contributed by atoms with E-state index in [1.165, 1.54) is 5.56 Å². The summed E-state index contributed by atoms with van der Waals surface area (Å²) < 4.78 is 37.7. The van der Waals surface area contributed by atoms with Gasteiger partial charge in [-0.2, -0.15) is 8.42 Å². The highest BCUT2D eigenvalue weighted by Gasteiger charge is 2.39. The van der Waals surface area contributed by atoms with Crippen molar-refractivity contribution in [2.24, 2.45) is 5.41 Å². The molecule has 8 heteroatoms. The molecule has 0 fully saturated rings. The highest BCUT2D eigenvalue weighted by molar-refractivity contribution is 7.86. The third-order valence-corrected chi connectivity index (χ3v) is 6.68. The van der Waals surface area contributed by atoms with Gasteiger partial charge >= 0.3 is 5.97 Å². The van der Waals surface area contributed by atoms with Crippen molar-refractivity contribution in [3.05, 3.63) is 66.8 Å². The van der Waals surface area contributed by atoms with E-state index in [0.29, 0.717) is 12.8 Å². The molecule has 0 aliphatic carbocycles. The minimum atomic E-state index is -4.55. The summed E-state index contributed by atoms with van der Waals surface area (Å²) in [6.45, 7) is 17.8. The first-order valence-corrected chi connectivity index (χ1v) is 12.8. The number of amides is 1. The monoisotopic (exact) mass is 493 g/mol. The second-order valence-electron chi connectivity index (χ2n) is 8.48. The number of carbonyl (C=O) groups excluding carboxylic acids is 2. The number of carbonyl (C=O) groups is 2. The number of nitrogens with one attached hydrogen (secondary N) is 1. The Morgan fingerprint density at radius 2 is 1.68 bits per heavy atom. The molecule has 1 amide bonds. The first-order valence-electron chi connectivity index (χ1n) is 11.3. The third-order valence-electron chi connectivity index (χ3n) is 5.33. The molecule has 0 radical (unpaired) electrons. The maximum Gasteiger partial charge on any atom is 0.338 e. The molecular weight excluding hydrogens is 454 g/mol. The van der Waals surface area contributed by atoms with Crippen molar-refractivity contribution in [1.82, 2.24) is 5.32 Å². The lowest BCUT2D eigenvalue weighted by molar-refractivity contribution is -0.139. The second kappa shape index (κ2) is 15.2. The average molecular weight is 494 g/mol. The van der Waals surface area contributed by atoms with Crippen molar-refractivity contribution >= 4 is 28.1 Å². The van der Waals surface area contributed by atoms with Gasteiger partial charge in [-0.1, -0.05) is 103 Å². The fourth-order valence-electron chi connectivity index (χ4n) is 2.69. The number of esters is 1. The van der Waals surface area contributed by atoms with Crippen LogP contribution in [0, 0.1) is 5.41 Å². The SMILES string of the molecule is C=C(C(=C)C(=O)OCCCCCC)C(=O)NC(C(C)(C)CC)S(=O)(=O)O.C=Cc1ccccc1. The van der Waals surface area contributed by atoms with E-state index < -0.39 is 32.8 Å².